The van der Waals surface area contributed by atoms with Crippen LogP contribution in [0.3, 0.4) is 0 Å². The van der Waals surface area contributed by atoms with Crippen molar-refractivity contribution >= 4 is 17.2 Å². The number of aromatic nitrogens is 1. The van der Waals surface area contributed by atoms with Gasteiger partial charge in [0.05, 0.1) is 5.01 Å². The summed E-state index contributed by atoms with van der Waals surface area (Å²) < 4.78 is 0. The lowest BCUT2D eigenvalue weighted by molar-refractivity contribution is 0.722. The van der Waals surface area contributed by atoms with Crippen molar-refractivity contribution in [2.24, 2.45) is 0 Å². The van der Waals surface area contributed by atoms with Crippen LogP contribution in [0.4, 0.5) is 5.82 Å². The van der Waals surface area contributed by atoms with Crippen molar-refractivity contribution in [2.75, 3.05) is 11.4 Å². The van der Waals surface area contributed by atoms with Crippen LogP contribution in [0.15, 0.2) is 24.3 Å². The minimum Gasteiger partial charge on any atom is -0.350 e. The minimum absolute atomic E-state index is 0.729. The molecule has 2 aromatic rings. The van der Waals surface area contributed by atoms with Gasteiger partial charge >= 0.3 is 0 Å². The largest absolute Gasteiger partial charge is 0.350 e. The molecule has 0 atom stereocenters. The molecule has 0 fully saturated rings. The summed E-state index contributed by atoms with van der Waals surface area (Å²) >= 11 is 1.48. The van der Waals surface area contributed by atoms with Gasteiger partial charge in [-0.2, -0.15) is 5.26 Å². The van der Waals surface area contributed by atoms with Crippen LogP contribution in [0.2, 0.25) is 0 Å². The van der Waals surface area contributed by atoms with E-state index < -0.39 is 0 Å². The number of rotatable bonds is 1. The van der Waals surface area contributed by atoms with Gasteiger partial charge in [0, 0.05) is 13.1 Å². The van der Waals surface area contributed by atoms with E-state index in [-0.39, 0.29) is 0 Å². The molecule has 0 aliphatic carbocycles. The molecule has 0 amide bonds. The third-order valence-electron chi connectivity index (χ3n) is 3.25. The second-order valence-corrected chi connectivity index (χ2v) is 5.64. The fourth-order valence-electron chi connectivity index (χ4n) is 2.38. The monoisotopic (exact) mass is 255 g/mol. The minimum atomic E-state index is 0.729. The van der Waals surface area contributed by atoms with Crippen LogP contribution >= 0.6 is 11.3 Å². The number of anilines is 1. The summed E-state index contributed by atoms with van der Waals surface area (Å²) in [5.41, 5.74) is 2.76. The number of hydrogen-bond donors (Lipinski definition) is 0. The van der Waals surface area contributed by atoms with E-state index in [2.05, 4.69) is 40.2 Å². The number of fused-ring (bicyclic) bond motifs is 1. The molecule has 4 heteroatoms. The predicted octanol–water partition coefficient (Wildman–Crippen LogP) is 2.89. The summed E-state index contributed by atoms with van der Waals surface area (Å²) in [6, 6.07) is 10.8. The van der Waals surface area contributed by atoms with Gasteiger partial charge in [-0.3, -0.25) is 0 Å². The highest BCUT2D eigenvalue weighted by molar-refractivity contribution is 7.12. The predicted molar refractivity (Wildman–Crippen MR) is 72.8 cm³/mol. The van der Waals surface area contributed by atoms with Gasteiger partial charge < -0.3 is 4.90 Å². The molecule has 0 unspecified atom stereocenters. The molecule has 18 heavy (non-hydrogen) atoms. The Labute approximate surface area is 110 Å². The maximum Gasteiger partial charge on any atom is 0.158 e. The third-order valence-corrected chi connectivity index (χ3v) is 4.11. The Kier molecular flexibility index (Phi) is 2.77. The van der Waals surface area contributed by atoms with Crippen LogP contribution in [0, 0.1) is 18.3 Å². The molecule has 0 N–H and O–H groups in total. The third kappa shape index (κ3) is 1.87. The van der Waals surface area contributed by atoms with E-state index in [0.717, 1.165) is 35.2 Å². The van der Waals surface area contributed by atoms with E-state index in [0.29, 0.717) is 0 Å². The lowest BCUT2D eigenvalue weighted by Gasteiger charge is -2.29. The fraction of sp³-hybridized carbons (Fsp3) is 0.286. The number of hydrogen-bond acceptors (Lipinski definition) is 4. The van der Waals surface area contributed by atoms with Gasteiger partial charge in [0.25, 0.3) is 0 Å². The number of aryl methyl sites for hydroxylation is 1. The Morgan fingerprint density at radius 2 is 2.11 bits per heavy atom. The topological polar surface area (TPSA) is 39.9 Å². The molecule has 0 saturated carbocycles. The Morgan fingerprint density at radius 3 is 2.89 bits per heavy atom. The maximum absolute atomic E-state index is 9.15. The number of thiazole rings is 1. The highest BCUT2D eigenvalue weighted by atomic mass is 32.1. The van der Waals surface area contributed by atoms with Gasteiger partial charge in [-0.15, -0.1) is 11.3 Å². The van der Waals surface area contributed by atoms with Gasteiger partial charge in [0.2, 0.25) is 0 Å². The smallest absolute Gasteiger partial charge is 0.158 e. The average molecular weight is 255 g/mol. The summed E-state index contributed by atoms with van der Waals surface area (Å²) in [6.07, 6.45) is 1.03. The van der Waals surface area contributed by atoms with Crippen molar-refractivity contribution in [1.29, 1.82) is 5.26 Å². The molecule has 0 spiro atoms. The maximum atomic E-state index is 9.15. The highest BCUT2D eigenvalue weighted by Crippen LogP contribution is 2.29. The standard InChI is InChI=1S/C14H13N3S/c1-10-16-14(13(8-15)18-10)17-7-6-11-4-2-3-5-12(11)9-17/h2-5H,6-7,9H2,1H3. The molecule has 3 rings (SSSR count). The zero-order valence-electron chi connectivity index (χ0n) is 10.2. The Hall–Kier alpha value is -1.86. The van der Waals surface area contributed by atoms with E-state index in [1.165, 1.54) is 22.5 Å². The quantitative estimate of drug-likeness (QED) is 0.786. The first-order valence-electron chi connectivity index (χ1n) is 5.97. The van der Waals surface area contributed by atoms with E-state index in [4.69, 9.17) is 5.26 Å². The van der Waals surface area contributed by atoms with Crippen LogP contribution in [0.5, 0.6) is 0 Å². The van der Waals surface area contributed by atoms with Crippen molar-refractivity contribution < 1.29 is 0 Å². The lowest BCUT2D eigenvalue weighted by Crippen LogP contribution is -2.31. The van der Waals surface area contributed by atoms with Crippen LogP contribution in [-0.2, 0) is 13.0 Å². The van der Waals surface area contributed by atoms with Crippen molar-refractivity contribution in [3.8, 4) is 6.07 Å². The van der Waals surface area contributed by atoms with Crippen molar-refractivity contribution in [3.05, 3.63) is 45.3 Å². The second-order valence-electron chi connectivity index (χ2n) is 4.44. The number of nitrogens with zero attached hydrogens (tertiary/aromatic N) is 3. The van der Waals surface area contributed by atoms with Crippen LogP contribution in [0.25, 0.3) is 0 Å². The van der Waals surface area contributed by atoms with Crippen LogP contribution < -0.4 is 4.90 Å². The molecule has 1 aliphatic heterocycles. The molecule has 1 aromatic carbocycles. The van der Waals surface area contributed by atoms with E-state index in [1.807, 2.05) is 6.92 Å². The summed E-state index contributed by atoms with van der Waals surface area (Å²) in [6.45, 7) is 3.75. The highest BCUT2D eigenvalue weighted by Gasteiger charge is 2.21. The van der Waals surface area contributed by atoms with Gasteiger partial charge in [0.1, 0.15) is 10.9 Å². The van der Waals surface area contributed by atoms with Crippen molar-refractivity contribution in [2.45, 2.75) is 19.9 Å². The Balaban J connectivity index is 1.94. The summed E-state index contributed by atoms with van der Waals surface area (Å²) in [4.78, 5) is 7.44. The zero-order valence-corrected chi connectivity index (χ0v) is 11.0. The van der Waals surface area contributed by atoms with Gasteiger partial charge in [-0.1, -0.05) is 24.3 Å². The molecule has 90 valence electrons. The number of benzene rings is 1. The summed E-state index contributed by atoms with van der Waals surface area (Å²) in [5.74, 6) is 0.856. The average Bonchev–Trinajstić information content (AvgIpc) is 2.79. The molecule has 1 aliphatic rings. The van der Waals surface area contributed by atoms with Crippen molar-refractivity contribution in [1.82, 2.24) is 4.98 Å². The number of nitriles is 1. The summed E-state index contributed by atoms with van der Waals surface area (Å²) in [7, 11) is 0. The van der Waals surface area contributed by atoms with Gasteiger partial charge in [-0.05, 0) is 24.5 Å². The van der Waals surface area contributed by atoms with E-state index >= 15 is 0 Å². The molecule has 3 nitrogen and oxygen atoms in total. The van der Waals surface area contributed by atoms with Crippen LogP contribution in [-0.4, -0.2) is 11.5 Å². The summed E-state index contributed by atoms with van der Waals surface area (Å²) in [5, 5.41) is 10.1. The molecule has 0 bridgehead atoms. The first-order chi connectivity index (χ1) is 8.78. The zero-order chi connectivity index (χ0) is 12.5. The SMILES string of the molecule is Cc1nc(N2CCc3ccccc3C2)c(C#N)s1. The molecule has 0 saturated heterocycles. The molecular weight excluding hydrogens is 242 g/mol. The molecule has 1 aromatic heterocycles. The van der Waals surface area contributed by atoms with Gasteiger partial charge in [-0.25, -0.2) is 4.98 Å². The van der Waals surface area contributed by atoms with Crippen LogP contribution in [0.1, 0.15) is 21.0 Å². The first-order valence-corrected chi connectivity index (χ1v) is 6.79. The molecular formula is C14H13N3S. The van der Waals surface area contributed by atoms with Gasteiger partial charge in [0.15, 0.2) is 5.82 Å². The molecule has 0 radical (unpaired) electrons. The van der Waals surface area contributed by atoms with E-state index in [1.54, 1.807) is 0 Å². The van der Waals surface area contributed by atoms with E-state index in [9.17, 15) is 0 Å². The van der Waals surface area contributed by atoms with Crippen molar-refractivity contribution in [3.63, 3.8) is 0 Å². The Morgan fingerprint density at radius 1 is 1.33 bits per heavy atom. The normalized spacial score (nSPS) is 14.1. The first kappa shape index (κ1) is 11.2. The molecule has 2 heterocycles. The fourth-order valence-corrected chi connectivity index (χ4v) is 3.12. The second kappa shape index (κ2) is 4.43. The lowest BCUT2D eigenvalue weighted by atomic mass is 10.00. The Bertz CT molecular complexity index is 624.